The average Bonchev–Trinajstić information content (AvgIpc) is 3.30. The Morgan fingerprint density at radius 1 is 0.960 bits per heavy atom. The number of hydrazine groups is 1. The fourth-order valence-electron chi connectivity index (χ4n) is 2.88. The molecule has 2 amide bonds. The van der Waals surface area contributed by atoms with Crippen LogP contribution in [-0.2, 0) is 10.2 Å². The van der Waals surface area contributed by atoms with Crippen LogP contribution in [0.3, 0.4) is 0 Å². The molecule has 2 aromatic carbocycles. The lowest BCUT2D eigenvalue weighted by Gasteiger charge is -2.16. The van der Waals surface area contributed by atoms with Crippen LogP contribution in [0.2, 0.25) is 5.02 Å². The van der Waals surface area contributed by atoms with Gasteiger partial charge in [0.25, 0.3) is 5.91 Å². The number of hydrogen-bond donors (Lipinski definition) is 2. The van der Waals surface area contributed by atoms with E-state index in [0.29, 0.717) is 22.1 Å². The summed E-state index contributed by atoms with van der Waals surface area (Å²) in [6.45, 7) is 0.140. The zero-order valence-electron chi connectivity index (χ0n) is 13.2. The third-order valence-corrected chi connectivity index (χ3v) is 4.76. The fourth-order valence-corrected chi connectivity index (χ4v) is 3.01. The molecule has 0 unspecified atom stereocenters. The highest BCUT2D eigenvalue weighted by molar-refractivity contribution is 6.30. The van der Waals surface area contributed by atoms with Gasteiger partial charge in [-0.15, -0.1) is 0 Å². The Labute approximate surface area is 149 Å². The molecule has 4 rings (SSSR count). The SMILES string of the molecule is O=C(NNC(=O)C1(c2ccc(Cl)cc2)CC1)c1ccc2c(c1)OCO2. The molecule has 1 aliphatic carbocycles. The quantitative estimate of drug-likeness (QED) is 0.827. The molecule has 0 saturated heterocycles. The van der Waals surface area contributed by atoms with E-state index in [1.807, 2.05) is 12.1 Å². The first kappa shape index (κ1) is 15.8. The van der Waals surface area contributed by atoms with Crippen LogP contribution in [0.15, 0.2) is 42.5 Å². The van der Waals surface area contributed by atoms with Gasteiger partial charge in [0.15, 0.2) is 11.5 Å². The van der Waals surface area contributed by atoms with Crippen LogP contribution >= 0.6 is 11.6 Å². The minimum absolute atomic E-state index is 0.140. The van der Waals surface area contributed by atoms with E-state index in [0.717, 1.165) is 18.4 Å². The lowest BCUT2D eigenvalue weighted by Crippen LogP contribution is -2.46. The second-order valence-corrected chi connectivity index (χ2v) is 6.50. The molecule has 2 aliphatic rings. The van der Waals surface area contributed by atoms with Gasteiger partial charge in [0, 0.05) is 10.6 Å². The van der Waals surface area contributed by atoms with E-state index in [2.05, 4.69) is 10.9 Å². The van der Waals surface area contributed by atoms with E-state index in [1.54, 1.807) is 30.3 Å². The lowest BCUT2D eigenvalue weighted by atomic mass is 9.95. The van der Waals surface area contributed by atoms with E-state index >= 15 is 0 Å². The van der Waals surface area contributed by atoms with Crippen molar-refractivity contribution in [1.29, 1.82) is 0 Å². The van der Waals surface area contributed by atoms with Crippen molar-refractivity contribution >= 4 is 23.4 Å². The summed E-state index contributed by atoms with van der Waals surface area (Å²) in [4.78, 5) is 24.8. The van der Waals surface area contributed by atoms with Crippen LogP contribution in [-0.4, -0.2) is 18.6 Å². The second-order valence-electron chi connectivity index (χ2n) is 6.07. The molecule has 25 heavy (non-hydrogen) atoms. The molecule has 2 aromatic rings. The molecule has 1 aliphatic heterocycles. The Balaban J connectivity index is 1.42. The van der Waals surface area contributed by atoms with E-state index < -0.39 is 11.3 Å². The molecule has 0 spiro atoms. The molecule has 0 bridgehead atoms. The molecule has 1 fully saturated rings. The molecule has 128 valence electrons. The van der Waals surface area contributed by atoms with Gasteiger partial charge in [-0.25, -0.2) is 0 Å². The smallest absolute Gasteiger partial charge is 0.269 e. The van der Waals surface area contributed by atoms with Gasteiger partial charge in [0.05, 0.1) is 5.41 Å². The number of carbonyl (C=O) groups is 2. The highest BCUT2D eigenvalue weighted by atomic mass is 35.5. The molecule has 1 saturated carbocycles. The monoisotopic (exact) mass is 358 g/mol. The summed E-state index contributed by atoms with van der Waals surface area (Å²) in [6.07, 6.45) is 1.47. The number of benzene rings is 2. The highest BCUT2D eigenvalue weighted by Crippen LogP contribution is 2.48. The van der Waals surface area contributed by atoms with Crippen molar-refractivity contribution in [2.45, 2.75) is 18.3 Å². The van der Waals surface area contributed by atoms with Gasteiger partial charge in [-0.1, -0.05) is 23.7 Å². The van der Waals surface area contributed by atoms with Crippen molar-refractivity contribution in [3.63, 3.8) is 0 Å². The number of carbonyl (C=O) groups excluding carboxylic acids is 2. The molecular formula is C18H15ClN2O4. The van der Waals surface area contributed by atoms with Crippen LogP contribution in [0.25, 0.3) is 0 Å². The largest absolute Gasteiger partial charge is 0.454 e. The molecule has 2 N–H and O–H groups in total. The van der Waals surface area contributed by atoms with Crippen molar-refractivity contribution in [3.8, 4) is 11.5 Å². The van der Waals surface area contributed by atoms with Gasteiger partial charge >= 0.3 is 0 Å². The summed E-state index contributed by atoms with van der Waals surface area (Å²) >= 11 is 5.90. The van der Waals surface area contributed by atoms with E-state index in [4.69, 9.17) is 21.1 Å². The number of amides is 2. The highest BCUT2D eigenvalue weighted by Gasteiger charge is 2.51. The lowest BCUT2D eigenvalue weighted by molar-refractivity contribution is -0.124. The topological polar surface area (TPSA) is 76.7 Å². The maximum Gasteiger partial charge on any atom is 0.269 e. The number of nitrogens with one attached hydrogen (secondary N) is 2. The van der Waals surface area contributed by atoms with Crippen molar-refractivity contribution in [2.24, 2.45) is 0 Å². The molecule has 0 radical (unpaired) electrons. The Hall–Kier alpha value is -2.73. The van der Waals surface area contributed by atoms with Gasteiger partial charge < -0.3 is 9.47 Å². The standard InChI is InChI=1S/C18H15ClN2O4/c19-13-4-2-12(3-5-13)18(7-8-18)17(23)21-20-16(22)11-1-6-14-15(9-11)25-10-24-14/h1-6,9H,7-8,10H2,(H,20,22)(H,21,23). The van der Waals surface area contributed by atoms with Crippen LogP contribution in [0.4, 0.5) is 0 Å². The van der Waals surface area contributed by atoms with Crippen molar-refractivity contribution < 1.29 is 19.1 Å². The van der Waals surface area contributed by atoms with Gasteiger partial charge in [-0.3, -0.25) is 20.4 Å². The number of halogens is 1. The minimum atomic E-state index is -0.591. The second kappa shape index (κ2) is 5.97. The van der Waals surface area contributed by atoms with Gasteiger partial charge in [-0.2, -0.15) is 0 Å². The summed E-state index contributed by atoms with van der Waals surface area (Å²) < 4.78 is 10.5. The van der Waals surface area contributed by atoms with Gasteiger partial charge in [-0.05, 0) is 48.7 Å². The predicted molar refractivity (Wildman–Crippen MR) is 90.5 cm³/mol. The van der Waals surface area contributed by atoms with Crippen LogP contribution < -0.4 is 20.3 Å². The predicted octanol–water partition coefficient (Wildman–Crippen LogP) is 2.56. The first-order valence-corrected chi connectivity index (χ1v) is 8.23. The number of rotatable bonds is 3. The molecule has 7 heteroatoms. The minimum Gasteiger partial charge on any atom is -0.454 e. The molecule has 0 aromatic heterocycles. The molecular weight excluding hydrogens is 344 g/mol. The van der Waals surface area contributed by atoms with E-state index in [9.17, 15) is 9.59 Å². The number of hydrogen-bond acceptors (Lipinski definition) is 4. The van der Waals surface area contributed by atoms with Crippen molar-refractivity contribution in [1.82, 2.24) is 10.9 Å². The van der Waals surface area contributed by atoms with E-state index in [-0.39, 0.29) is 12.7 Å². The van der Waals surface area contributed by atoms with Gasteiger partial charge in [0.2, 0.25) is 12.7 Å². The van der Waals surface area contributed by atoms with Crippen LogP contribution in [0, 0.1) is 0 Å². The van der Waals surface area contributed by atoms with Crippen LogP contribution in [0.5, 0.6) is 11.5 Å². The third-order valence-electron chi connectivity index (χ3n) is 4.51. The van der Waals surface area contributed by atoms with Crippen LogP contribution in [0.1, 0.15) is 28.8 Å². The maximum absolute atomic E-state index is 12.5. The summed E-state index contributed by atoms with van der Waals surface area (Å²) in [5.41, 5.74) is 5.66. The first-order chi connectivity index (χ1) is 12.1. The number of ether oxygens (including phenoxy) is 2. The summed E-state index contributed by atoms with van der Waals surface area (Å²) in [7, 11) is 0. The maximum atomic E-state index is 12.5. The summed E-state index contributed by atoms with van der Waals surface area (Å²) in [5.74, 6) is 0.460. The zero-order valence-corrected chi connectivity index (χ0v) is 13.9. The van der Waals surface area contributed by atoms with Crippen molar-refractivity contribution in [3.05, 3.63) is 58.6 Å². The van der Waals surface area contributed by atoms with E-state index in [1.165, 1.54) is 0 Å². The van der Waals surface area contributed by atoms with Crippen molar-refractivity contribution in [2.75, 3.05) is 6.79 Å². The normalized spacial score (nSPS) is 16.2. The summed E-state index contributed by atoms with van der Waals surface area (Å²) in [6, 6.07) is 12.1. The zero-order chi connectivity index (χ0) is 17.4. The first-order valence-electron chi connectivity index (χ1n) is 7.85. The average molecular weight is 359 g/mol. The Morgan fingerprint density at radius 2 is 1.68 bits per heavy atom. The Kier molecular flexibility index (Phi) is 3.77. The molecule has 0 atom stereocenters. The third kappa shape index (κ3) is 2.89. The molecule has 1 heterocycles. The Bertz CT molecular complexity index is 847. The van der Waals surface area contributed by atoms with Gasteiger partial charge in [0.1, 0.15) is 0 Å². The molecule has 6 nitrogen and oxygen atoms in total. The fraction of sp³-hybridized carbons (Fsp3) is 0.222. The summed E-state index contributed by atoms with van der Waals surface area (Å²) in [5, 5.41) is 0.621. The Morgan fingerprint density at radius 3 is 2.40 bits per heavy atom. The number of fused-ring (bicyclic) bond motifs is 1.